The van der Waals surface area contributed by atoms with Crippen LogP contribution in [0.2, 0.25) is 0 Å². The van der Waals surface area contributed by atoms with Gasteiger partial charge >= 0.3 is 0 Å². The van der Waals surface area contributed by atoms with Crippen LogP contribution in [-0.2, 0) is 30.3 Å². The average molecular weight is 641 g/mol. The number of aryl methyl sites for hydroxylation is 2. The van der Waals surface area contributed by atoms with Crippen molar-refractivity contribution in [1.82, 2.24) is 4.98 Å². The summed E-state index contributed by atoms with van der Waals surface area (Å²) in [6, 6.07) is 24.9. The first-order valence-corrected chi connectivity index (χ1v) is 11.5. The van der Waals surface area contributed by atoms with Crippen LogP contribution < -0.4 is 0 Å². The van der Waals surface area contributed by atoms with Crippen molar-refractivity contribution in [3.8, 4) is 22.4 Å². The number of benzene rings is 3. The van der Waals surface area contributed by atoms with Crippen LogP contribution in [-0.4, -0.2) is 15.9 Å². The molecule has 4 heteroatoms. The molecule has 5 rings (SSSR count). The number of carbonyl (C=O) groups excluding carboxylic acids is 1. The van der Waals surface area contributed by atoms with Crippen LogP contribution in [0, 0.1) is 19.9 Å². The summed E-state index contributed by atoms with van der Waals surface area (Å²) in [5.74, 6) is -0.0625. The molecule has 0 aliphatic heterocycles. The number of aliphatic hydroxyl groups excluding tert-OH is 1. The zero-order valence-electron chi connectivity index (χ0n) is 21.0. The number of ketones is 1. The van der Waals surface area contributed by atoms with Gasteiger partial charge < -0.3 is 5.11 Å². The Morgan fingerprint density at radius 2 is 1.71 bits per heavy atom. The Balaban J connectivity index is 0.000000378. The zero-order chi connectivity index (χ0) is 24.6. The van der Waals surface area contributed by atoms with Crippen molar-refractivity contribution < 1.29 is 30.0 Å². The SMILES string of the molecule is CC(=O)/C=C(/C)O.Cc1cc(C)c2c3c(c(-c4[c-]cccc4)nc2c1)-c1ccccc1C3(C)C.[Ir]. The summed E-state index contributed by atoms with van der Waals surface area (Å²) in [5, 5.41) is 9.67. The molecule has 0 saturated carbocycles. The van der Waals surface area contributed by atoms with Crippen LogP contribution in [0.3, 0.4) is 0 Å². The van der Waals surface area contributed by atoms with E-state index in [-0.39, 0.29) is 37.1 Å². The molecule has 0 unspecified atom stereocenters. The molecule has 0 bridgehead atoms. The number of aromatic nitrogens is 1. The number of fused-ring (bicyclic) bond motifs is 5. The first kappa shape index (κ1) is 26.5. The Morgan fingerprint density at radius 3 is 2.31 bits per heavy atom. The number of nitrogens with zero attached hydrogens (tertiary/aromatic N) is 1. The van der Waals surface area contributed by atoms with Gasteiger partial charge in [-0.15, -0.1) is 35.9 Å². The topological polar surface area (TPSA) is 50.2 Å². The van der Waals surface area contributed by atoms with Gasteiger partial charge in [-0.3, -0.25) is 9.78 Å². The molecule has 0 spiro atoms. The standard InChI is InChI=1S/C26H22N.C5H8O2.Ir/c1-16-14-17(2)22-21(15-16)27-25(18-10-6-5-7-11-18)23-19-12-8-9-13-20(19)26(3,4)24(22)23;1-4(6)3-5(2)7;/h5-10,12-15H,1-4H3;3,6H,1-2H3;/q-1;;/b;4-3-;. The van der Waals surface area contributed by atoms with Crippen LogP contribution in [0.1, 0.15) is 49.9 Å². The number of pyridine rings is 1. The summed E-state index contributed by atoms with van der Waals surface area (Å²) in [4.78, 5) is 15.2. The van der Waals surface area contributed by atoms with E-state index in [0.717, 1.165) is 16.8 Å². The van der Waals surface area contributed by atoms with E-state index in [2.05, 4.69) is 82.3 Å². The second kappa shape index (κ2) is 10.3. The van der Waals surface area contributed by atoms with Crippen molar-refractivity contribution in [2.24, 2.45) is 0 Å². The summed E-state index contributed by atoms with van der Waals surface area (Å²) in [5.41, 5.74) is 11.0. The molecule has 1 radical (unpaired) electrons. The second-order valence-electron chi connectivity index (χ2n) is 9.53. The van der Waals surface area contributed by atoms with Crippen molar-refractivity contribution in [2.75, 3.05) is 0 Å². The van der Waals surface area contributed by atoms with E-state index < -0.39 is 0 Å². The van der Waals surface area contributed by atoms with E-state index in [1.54, 1.807) is 0 Å². The minimum Gasteiger partial charge on any atom is -0.512 e. The fourth-order valence-corrected chi connectivity index (χ4v) is 5.08. The Kier molecular flexibility index (Phi) is 7.79. The number of allylic oxidation sites excluding steroid dienone is 2. The van der Waals surface area contributed by atoms with Crippen molar-refractivity contribution in [3.63, 3.8) is 0 Å². The molecule has 0 amide bonds. The quantitative estimate of drug-likeness (QED) is 0.139. The molecule has 1 aromatic heterocycles. The van der Waals surface area contributed by atoms with Gasteiger partial charge in [0.25, 0.3) is 0 Å². The Hall–Kier alpha value is -3.07. The van der Waals surface area contributed by atoms with Gasteiger partial charge in [-0.25, -0.2) is 0 Å². The summed E-state index contributed by atoms with van der Waals surface area (Å²) in [6.07, 6.45) is 1.17. The fraction of sp³-hybridized carbons (Fsp3) is 0.226. The molecule has 0 fully saturated rings. The van der Waals surface area contributed by atoms with Crippen LogP contribution >= 0.6 is 0 Å². The molecule has 1 aliphatic rings. The third-order valence-electron chi connectivity index (χ3n) is 6.30. The number of hydrogen-bond donors (Lipinski definition) is 1. The van der Waals surface area contributed by atoms with Gasteiger partial charge in [0.1, 0.15) is 0 Å². The van der Waals surface area contributed by atoms with Gasteiger partial charge in [0, 0.05) is 37.0 Å². The fourth-order valence-electron chi connectivity index (χ4n) is 5.08. The minimum absolute atomic E-state index is 0. The normalized spacial score (nSPS) is 13.3. The first-order valence-electron chi connectivity index (χ1n) is 11.5. The molecule has 3 nitrogen and oxygen atoms in total. The van der Waals surface area contributed by atoms with E-state index >= 15 is 0 Å². The predicted molar refractivity (Wildman–Crippen MR) is 140 cm³/mol. The predicted octanol–water partition coefficient (Wildman–Crippen LogP) is 7.66. The monoisotopic (exact) mass is 641 g/mol. The molecule has 1 heterocycles. The van der Waals surface area contributed by atoms with Crippen molar-refractivity contribution >= 4 is 16.7 Å². The summed E-state index contributed by atoms with van der Waals surface area (Å²) in [6.45, 7) is 11.9. The van der Waals surface area contributed by atoms with Gasteiger partial charge in [0.05, 0.1) is 11.3 Å². The van der Waals surface area contributed by atoms with Crippen LogP contribution in [0.15, 0.2) is 72.5 Å². The smallest absolute Gasteiger partial charge is 0.155 e. The molecular formula is C31H30IrNO2-. The van der Waals surface area contributed by atoms with E-state index in [1.165, 1.54) is 58.7 Å². The van der Waals surface area contributed by atoms with E-state index in [4.69, 9.17) is 10.1 Å². The summed E-state index contributed by atoms with van der Waals surface area (Å²) >= 11 is 0. The van der Waals surface area contributed by atoms with Gasteiger partial charge in [0.2, 0.25) is 0 Å². The number of rotatable bonds is 2. The molecule has 181 valence electrons. The summed E-state index contributed by atoms with van der Waals surface area (Å²) in [7, 11) is 0. The number of carbonyl (C=O) groups is 1. The third kappa shape index (κ3) is 5.00. The van der Waals surface area contributed by atoms with Gasteiger partial charge in [-0.1, -0.05) is 44.2 Å². The molecular weight excluding hydrogens is 611 g/mol. The zero-order valence-corrected chi connectivity index (χ0v) is 23.4. The Bertz CT molecular complexity index is 1430. The van der Waals surface area contributed by atoms with Crippen molar-refractivity contribution in [2.45, 2.75) is 47.0 Å². The first-order chi connectivity index (χ1) is 16.1. The van der Waals surface area contributed by atoms with Crippen LogP contribution in [0.4, 0.5) is 0 Å². The van der Waals surface area contributed by atoms with Gasteiger partial charge in [-0.05, 0) is 72.8 Å². The van der Waals surface area contributed by atoms with Gasteiger partial charge in [-0.2, -0.15) is 0 Å². The average Bonchev–Trinajstić information content (AvgIpc) is 3.01. The maximum absolute atomic E-state index is 10.0. The molecule has 4 aromatic rings. The van der Waals surface area contributed by atoms with E-state index in [9.17, 15) is 4.79 Å². The molecule has 0 atom stereocenters. The van der Waals surface area contributed by atoms with E-state index in [1.807, 2.05) is 12.1 Å². The molecule has 1 N–H and O–H groups in total. The molecule has 35 heavy (non-hydrogen) atoms. The largest absolute Gasteiger partial charge is 0.512 e. The second-order valence-corrected chi connectivity index (χ2v) is 9.53. The van der Waals surface area contributed by atoms with E-state index in [0.29, 0.717) is 0 Å². The number of hydrogen-bond acceptors (Lipinski definition) is 3. The van der Waals surface area contributed by atoms with Crippen LogP contribution in [0.25, 0.3) is 33.3 Å². The molecule has 3 aromatic carbocycles. The number of aliphatic hydroxyl groups is 1. The molecule has 1 aliphatic carbocycles. The van der Waals surface area contributed by atoms with Crippen molar-refractivity contribution in [3.05, 3.63) is 101 Å². The van der Waals surface area contributed by atoms with Crippen molar-refractivity contribution in [1.29, 1.82) is 0 Å². The maximum Gasteiger partial charge on any atom is 0.155 e. The Morgan fingerprint density at radius 1 is 1.03 bits per heavy atom. The third-order valence-corrected chi connectivity index (χ3v) is 6.30. The Labute approximate surface area is 221 Å². The van der Waals surface area contributed by atoms with Gasteiger partial charge in [0.15, 0.2) is 5.78 Å². The maximum atomic E-state index is 10.0. The summed E-state index contributed by atoms with van der Waals surface area (Å²) < 4.78 is 0. The minimum atomic E-state index is -0.125. The van der Waals surface area contributed by atoms with Crippen LogP contribution in [0.5, 0.6) is 0 Å². The molecule has 0 saturated heterocycles.